The maximum absolute atomic E-state index is 11.6. The van der Waals surface area contributed by atoms with Crippen LogP contribution in [0.4, 0.5) is 5.69 Å². The van der Waals surface area contributed by atoms with Gasteiger partial charge in [-0.1, -0.05) is 12.1 Å². The highest BCUT2D eigenvalue weighted by Crippen LogP contribution is 2.19. The Balaban J connectivity index is 2.19. The SMILES string of the molecule is CNCc1ccc(N2CC(=O)NC(=O)C2C)cc1. The molecule has 96 valence electrons. The van der Waals surface area contributed by atoms with Gasteiger partial charge in [-0.3, -0.25) is 14.9 Å². The third-order valence-electron chi connectivity index (χ3n) is 3.07. The van der Waals surface area contributed by atoms with E-state index in [1.54, 1.807) is 6.92 Å². The molecule has 0 saturated carbocycles. The van der Waals surface area contributed by atoms with Crippen LogP contribution in [0.15, 0.2) is 24.3 Å². The van der Waals surface area contributed by atoms with E-state index in [1.807, 2.05) is 36.2 Å². The van der Waals surface area contributed by atoms with Gasteiger partial charge >= 0.3 is 0 Å². The lowest BCUT2D eigenvalue weighted by molar-refractivity contribution is -0.132. The number of carbonyl (C=O) groups is 2. The molecular weight excluding hydrogens is 230 g/mol. The normalized spacial score (nSPS) is 19.9. The molecule has 0 aliphatic carbocycles. The molecule has 2 N–H and O–H groups in total. The van der Waals surface area contributed by atoms with Gasteiger partial charge in [0.25, 0.3) is 0 Å². The second kappa shape index (κ2) is 5.18. The van der Waals surface area contributed by atoms with Gasteiger partial charge in [-0.05, 0) is 31.7 Å². The van der Waals surface area contributed by atoms with Crippen molar-refractivity contribution in [1.29, 1.82) is 0 Å². The maximum atomic E-state index is 11.6. The lowest BCUT2D eigenvalue weighted by Crippen LogP contribution is -2.57. The molecule has 1 aliphatic rings. The van der Waals surface area contributed by atoms with Crippen molar-refractivity contribution >= 4 is 17.5 Å². The Kier molecular flexibility index (Phi) is 3.62. The second-order valence-electron chi connectivity index (χ2n) is 4.41. The summed E-state index contributed by atoms with van der Waals surface area (Å²) in [5, 5.41) is 5.40. The second-order valence-corrected chi connectivity index (χ2v) is 4.41. The third kappa shape index (κ3) is 2.51. The summed E-state index contributed by atoms with van der Waals surface area (Å²) < 4.78 is 0. The topological polar surface area (TPSA) is 61.4 Å². The van der Waals surface area contributed by atoms with Crippen LogP contribution in [-0.4, -0.2) is 31.4 Å². The first kappa shape index (κ1) is 12.6. The number of nitrogens with zero attached hydrogens (tertiary/aromatic N) is 1. The van der Waals surface area contributed by atoms with Crippen LogP contribution in [0.3, 0.4) is 0 Å². The Morgan fingerprint density at radius 3 is 2.61 bits per heavy atom. The molecule has 1 atom stereocenters. The van der Waals surface area contributed by atoms with Crippen LogP contribution in [0.1, 0.15) is 12.5 Å². The van der Waals surface area contributed by atoms with Gasteiger partial charge in [0.2, 0.25) is 11.8 Å². The van der Waals surface area contributed by atoms with E-state index in [1.165, 1.54) is 5.56 Å². The molecule has 1 aromatic carbocycles. The van der Waals surface area contributed by atoms with Gasteiger partial charge in [0.05, 0.1) is 6.54 Å². The molecule has 0 aromatic heterocycles. The molecule has 2 amide bonds. The van der Waals surface area contributed by atoms with Crippen LogP contribution < -0.4 is 15.5 Å². The number of benzene rings is 1. The van der Waals surface area contributed by atoms with Gasteiger partial charge in [-0.15, -0.1) is 0 Å². The zero-order valence-corrected chi connectivity index (χ0v) is 10.6. The number of nitrogens with one attached hydrogen (secondary N) is 2. The Hall–Kier alpha value is -1.88. The fraction of sp³-hybridized carbons (Fsp3) is 0.385. The Morgan fingerprint density at radius 1 is 1.33 bits per heavy atom. The minimum Gasteiger partial charge on any atom is -0.350 e. The number of hydrogen-bond donors (Lipinski definition) is 2. The van der Waals surface area contributed by atoms with Crippen molar-refractivity contribution in [3.8, 4) is 0 Å². The highest BCUT2D eigenvalue weighted by molar-refractivity contribution is 6.04. The molecule has 0 spiro atoms. The Bertz CT molecular complexity index is 456. The fourth-order valence-electron chi connectivity index (χ4n) is 2.04. The van der Waals surface area contributed by atoms with Crippen molar-refractivity contribution in [2.45, 2.75) is 19.5 Å². The predicted molar refractivity (Wildman–Crippen MR) is 69.2 cm³/mol. The predicted octanol–water partition coefficient (Wildman–Crippen LogP) is 0.257. The highest BCUT2D eigenvalue weighted by Gasteiger charge is 2.30. The van der Waals surface area contributed by atoms with Gasteiger partial charge in [-0.2, -0.15) is 0 Å². The summed E-state index contributed by atoms with van der Waals surface area (Å²) in [5.74, 6) is -0.497. The van der Waals surface area contributed by atoms with Crippen LogP contribution in [0.25, 0.3) is 0 Å². The van der Waals surface area contributed by atoms with E-state index in [0.717, 1.165) is 12.2 Å². The minimum absolute atomic E-state index is 0.221. The molecule has 0 bridgehead atoms. The number of rotatable bonds is 3. The van der Waals surface area contributed by atoms with Crippen LogP contribution in [-0.2, 0) is 16.1 Å². The summed E-state index contributed by atoms with van der Waals surface area (Å²) in [4.78, 5) is 24.8. The number of imide groups is 1. The summed E-state index contributed by atoms with van der Waals surface area (Å²) in [6.07, 6.45) is 0. The molecule has 0 radical (unpaired) electrons. The van der Waals surface area contributed by atoms with Crippen molar-refractivity contribution in [2.75, 3.05) is 18.5 Å². The van der Waals surface area contributed by atoms with E-state index in [2.05, 4.69) is 10.6 Å². The molecule has 1 fully saturated rings. The van der Waals surface area contributed by atoms with Gasteiger partial charge in [-0.25, -0.2) is 0 Å². The van der Waals surface area contributed by atoms with Crippen molar-refractivity contribution < 1.29 is 9.59 Å². The highest BCUT2D eigenvalue weighted by atomic mass is 16.2. The molecular formula is C13H17N3O2. The van der Waals surface area contributed by atoms with Crippen LogP contribution >= 0.6 is 0 Å². The van der Waals surface area contributed by atoms with E-state index < -0.39 is 0 Å². The van der Waals surface area contributed by atoms with Gasteiger partial charge in [0, 0.05) is 12.2 Å². The Morgan fingerprint density at radius 2 is 2.00 bits per heavy atom. The van der Waals surface area contributed by atoms with E-state index in [9.17, 15) is 9.59 Å². The number of hydrogen-bond acceptors (Lipinski definition) is 4. The minimum atomic E-state index is -0.321. The lowest BCUT2D eigenvalue weighted by atomic mass is 10.1. The quantitative estimate of drug-likeness (QED) is 0.752. The van der Waals surface area contributed by atoms with Crippen molar-refractivity contribution in [3.05, 3.63) is 29.8 Å². The zero-order valence-electron chi connectivity index (χ0n) is 10.6. The number of amides is 2. The number of anilines is 1. The third-order valence-corrected chi connectivity index (χ3v) is 3.07. The first-order valence-electron chi connectivity index (χ1n) is 5.95. The molecule has 5 heteroatoms. The summed E-state index contributed by atoms with van der Waals surface area (Å²) in [5.41, 5.74) is 2.06. The first-order chi connectivity index (χ1) is 8.61. The smallest absolute Gasteiger partial charge is 0.249 e. The average Bonchev–Trinajstić information content (AvgIpc) is 2.35. The largest absolute Gasteiger partial charge is 0.350 e. The van der Waals surface area contributed by atoms with Crippen molar-refractivity contribution in [3.63, 3.8) is 0 Å². The molecule has 1 heterocycles. The van der Waals surface area contributed by atoms with Crippen LogP contribution in [0, 0.1) is 0 Å². The summed E-state index contributed by atoms with van der Waals surface area (Å²) in [6, 6.07) is 7.55. The lowest BCUT2D eigenvalue weighted by Gasteiger charge is -2.33. The number of piperazine rings is 1. The van der Waals surface area contributed by atoms with E-state index in [0.29, 0.717) is 0 Å². The molecule has 1 aromatic rings. The molecule has 2 rings (SSSR count). The maximum Gasteiger partial charge on any atom is 0.249 e. The molecule has 18 heavy (non-hydrogen) atoms. The van der Waals surface area contributed by atoms with Gasteiger partial charge in [0.15, 0.2) is 0 Å². The van der Waals surface area contributed by atoms with E-state index in [4.69, 9.17) is 0 Å². The number of carbonyl (C=O) groups excluding carboxylic acids is 2. The van der Waals surface area contributed by atoms with Crippen LogP contribution in [0.5, 0.6) is 0 Å². The summed E-state index contributed by atoms with van der Waals surface area (Å²) in [6.45, 7) is 2.82. The Labute approximate surface area is 106 Å². The van der Waals surface area contributed by atoms with Gasteiger partial charge in [0.1, 0.15) is 6.04 Å². The standard InChI is InChI=1S/C13H17N3O2/c1-9-13(18)15-12(17)8-16(9)11-5-3-10(4-6-11)7-14-2/h3-6,9,14H,7-8H2,1-2H3,(H,15,17,18). The molecule has 1 unspecified atom stereocenters. The molecule has 1 saturated heterocycles. The fourth-order valence-corrected chi connectivity index (χ4v) is 2.04. The van der Waals surface area contributed by atoms with Crippen molar-refractivity contribution in [2.24, 2.45) is 0 Å². The summed E-state index contributed by atoms with van der Waals surface area (Å²) in [7, 11) is 1.89. The van der Waals surface area contributed by atoms with Gasteiger partial charge < -0.3 is 10.2 Å². The van der Waals surface area contributed by atoms with Crippen LogP contribution in [0.2, 0.25) is 0 Å². The molecule has 1 aliphatic heterocycles. The average molecular weight is 247 g/mol. The van der Waals surface area contributed by atoms with E-state index >= 15 is 0 Å². The first-order valence-corrected chi connectivity index (χ1v) is 5.95. The monoisotopic (exact) mass is 247 g/mol. The summed E-state index contributed by atoms with van der Waals surface area (Å²) >= 11 is 0. The van der Waals surface area contributed by atoms with E-state index in [-0.39, 0.29) is 24.4 Å². The zero-order chi connectivity index (χ0) is 13.1. The van der Waals surface area contributed by atoms with Crippen molar-refractivity contribution in [1.82, 2.24) is 10.6 Å². The molecule has 5 nitrogen and oxygen atoms in total.